The van der Waals surface area contributed by atoms with Crippen molar-refractivity contribution < 1.29 is 18.8 Å². The van der Waals surface area contributed by atoms with Crippen molar-refractivity contribution in [1.29, 1.82) is 0 Å². The number of amides is 4. The summed E-state index contributed by atoms with van der Waals surface area (Å²) < 4.78 is 15.2. The van der Waals surface area contributed by atoms with Crippen LogP contribution in [-0.4, -0.2) is 64.5 Å². The Bertz CT molecular complexity index is 1760. The number of carbonyl (C=O) groups excluding carboxylic acids is 3. The van der Waals surface area contributed by atoms with Crippen molar-refractivity contribution in [2.75, 3.05) is 29.9 Å². The van der Waals surface area contributed by atoms with Gasteiger partial charge in [0.05, 0.1) is 23.1 Å². The van der Waals surface area contributed by atoms with Gasteiger partial charge in [-0.25, -0.2) is 14.2 Å². The molecule has 11 heteroatoms. The number of benzene rings is 3. The van der Waals surface area contributed by atoms with Crippen LogP contribution in [0.15, 0.2) is 77.9 Å². The van der Waals surface area contributed by atoms with Gasteiger partial charge in [-0.15, -0.1) is 0 Å². The van der Waals surface area contributed by atoms with Crippen LogP contribution in [0, 0.1) is 17.7 Å². The fraction of sp³-hybridized carbons (Fsp3) is 0.303. The molecule has 4 aliphatic rings. The minimum atomic E-state index is -1.43. The first-order chi connectivity index (χ1) is 21.4. The minimum absolute atomic E-state index is 0.155. The van der Waals surface area contributed by atoms with E-state index in [-0.39, 0.29) is 23.7 Å². The number of hydrogen-bond donors (Lipinski definition) is 3. The number of benzodiazepines with no additional fused rings is 1. The molecule has 0 unspecified atom stereocenters. The van der Waals surface area contributed by atoms with Crippen molar-refractivity contribution in [2.24, 2.45) is 16.8 Å². The molecule has 1 saturated carbocycles. The third kappa shape index (κ3) is 5.41. The average molecular weight is 594 g/mol. The fourth-order valence-electron chi connectivity index (χ4n) is 6.59. The van der Waals surface area contributed by atoms with E-state index in [2.05, 4.69) is 25.8 Å². The number of hydrogen-bond acceptors (Lipinski definition) is 5. The molecule has 1 aliphatic carbocycles. The lowest BCUT2D eigenvalue weighted by atomic mass is 9.84. The Labute approximate surface area is 253 Å². The van der Waals surface area contributed by atoms with Gasteiger partial charge in [0.15, 0.2) is 0 Å². The number of nitrogens with zero attached hydrogens (tertiary/aromatic N) is 4. The van der Waals surface area contributed by atoms with Gasteiger partial charge in [-0.2, -0.15) is 5.10 Å². The summed E-state index contributed by atoms with van der Waals surface area (Å²) >= 11 is 0. The van der Waals surface area contributed by atoms with Crippen molar-refractivity contribution in [3.63, 3.8) is 0 Å². The van der Waals surface area contributed by atoms with E-state index in [9.17, 15) is 14.4 Å². The molecule has 4 heterocycles. The average Bonchev–Trinajstić information content (AvgIpc) is 3.22. The Hall–Kier alpha value is -5.06. The molecule has 4 amide bonds. The lowest BCUT2D eigenvalue weighted by molar-refractivity contribution is -0.132. The molecule has 3 aliphatic heterocycles. The van der Waals surface area contributed by atoms with Crippen LogP contribution < -0.4 is 15.5 Å². The summed E-state index contributed by atoms with van der Waals surface area (Å²) in [5.41, 5.74) is 2.52. The quantitative estimate of drug-likeness (QED) is 0.311. The van der Waals surface area contributed by atoms with Crippen LogP contribution in [0.4, 0.5) is 20.6 Å². The second kappa shape index (κ2) is 11.6. The van der Waals surface area contributed by atoms with Gasteiger partial charge in [0.2, 0.25) is 12.1 Å². The van der Waals surface area contributed by atoms with Gasteiger partial charge in [0.1, 0.15) is 12.4 Å². The first-order valence-electron chi connectivity index (χ1n) is 14.9. The molecular weight excluding hydrogens is 561 g/mol. The van der Waals surface area contributed by atoms with Gasteiger partial charge in [0, 0.05) is 35.3 Å². The molecule has 3 aromatic carbocycles. The zero-order chi connectivity index (χ0) is 30.2. The van der Waals surface area contributed by atoms with Crippen LogP contribution in [0.25, 0.3) is 10.9 Å². The molecule has 4 aromatic rings. The minimum Gasteiger partial charge on any atom is -0.341 e. The number of urea groups is 1. The van der Waals surface area contributed by atoms with Crippen LogP contribution in [-0.2, 0) is 9.59 Å². The van der Waals surface area contributed by atoms with Gasteiger partial charge >= 0.3 is 6.03 Å². The Balaban J connectivity index is 1.22. The van der Waals surface area contributed by atoms with E-state index in [1.165, 1.54) is 11.0 Å². The molecular formula is C33H32FN7O3. The molecule has 8 rings (SSSR count). The summed E-state index contributed by atoms with van der Waals surface area (Å²) in [5, 5.41) is 13.1. The zero-order valence-electron chi connectivity index (χ0n) is 24.0. The first-order valence-corrected chi connectivity index (χ1v) is 14.9. The lowest BCUT2D eigenvalue weighted by Crippen LogP contribution is -2.51. The standard InChI is InChI=1S/C33H32FN7O3/c34-26-7-3-1-5-24(26)30-25-6-2-4-8-28(25)41(19-29(42)40-17-20-9-10-21(18-40)12-11-20)32(43)31(37-30)38-33(44)36-23-14-13-22-16-35-39-27(22)15-23/h1-8,13-16,20-21,31H,9-12,17-19H2,(H,35,39)(H2,36,38,44)/t20?,21?,31-/m0/s1. The Morgan fingerprint density at radius 1 is 0.932 bits per heavy atom. The van der Waals surface area contributed by atoms with Crippen molar-refractivity contribution in [1.82, 2.24) is 20.4 Å². The predicted octanol–water partition coefficient (Wildman–Crippen LogP) is 4.68. The molecule has 0 spiro atoms. The van der Waals surface area contributed by atoms with Gasteiger partial charge in [0.25, 0.3) is 5.91 Å². The maximum atomic E-state index is 15.2. The molecule has 224 valence electrons. The monoisotopic (exact) mass is 593 g/mol. The molecule has 3 fully saturated rings. The first kappa shape index (κ1) is 27.8. The van der Waals surface area contributed by atoms with Crippen LogP contribution in [0.3, 0.4) is 0 Å². The highest BCUT2D eigenvalue weighted by Crippen LogP contribution is 2.34. The number of fused-ring (bicyclic) bond motifs is 6. The van der Waals surface area contributed by atoms with E-state index >= 15 is 4.39 Å². The van der Waals surface area contributed by atoms with Crippen LogP contribution >= 0.6 is 0 Å². The number of rotatable bonds is 5. The van der Waals surface area contributed by atoms with Crippen molar-refractivity contribution >= 4 is 45.8 Å². The summed E-state index contributed by atoms with van der Waals surface area (Å²) in [7, 11) is 0. The smallest absolute Gasteiger partial charge is 0.321 e. The highest BCUT2D eigenvalue weighted by molar-refractivity contribution is 6.21. The van der Waals surface area contributed by atoms with Crippen LogP contribution in [0.5, 0.6) is 0 Å². The number of aromatic amines is 1. The third-order valence-corrected chi connectivity index (χ3v) is 8.87. The van der Waals surface area contributed by atoms with E-state index in [0.29, 0.717) is 41.9 Å². The van der Waals surface area contributed by atoms with Crippen LogP contribution in [0.1, 0.15) is 36.8 Å². The van der Waals surface area contributed by atoms with E-state index in [0.717, 1.165) is 36.6 Å². The molecule has 2 saturated heterocycles. The zero-order valence-corrected chi connectivity index (χ0v) is 24.0. The number of carbonyl (C=O) groups is 3. The lowest BCUT2D eigenvalue weighted by Gasteiger charge is -2.29. The second-order valence-electron chi connectivity index (χ2n) is 11.8. The largest absolute Gasteiger partial charge is 0.341 e. The normalized spacial score (nSPS) is 21.3. The van der Waals surface area contributed by atoms with Gasteiger partial charge < -0.3 is 15.5 Å². The molecule has 1 aromatic heterocycles. The van der Waals surface area contributed by atoms with Gasteiger partial charge in [-0.1, -0.05) is 30.3 Å². The summed E-state index contributed by atoms with van der Waals surface area (Å²) in [6.45, 7) is 1.15. The number of anilines is 2. The van der Waals surface area contributed by atoms with Crippen molar-refractivity contribution in [3.8, 4) is 0 Å². The fourth-order valence-corrected chi connectivity index (χ4v) is 6.59. The molecule has 10 nitrogen and oxygen atoms in total. The Morgan fingerprint density at radius 3 is 2.39 bits per heavy atom. The van der Waals surface area contributed by atoms with Crippen molar-refractivity contribution in [3.05, 3.63) is 89.9 Å². The predicted molar refractivity (Wildman–Crippen MR) is 165 cm³/mol. The summed E-state index contributed by atoms with van der Waals surface area (Å²) in [6.07, 6.45) is 4.72. The SMILES string of the molecule is O=C(Nc1ccc2cn[nH]c2c1)N[C@@H]1N=C(c2ccccc2F)c2ccccc2N(CC(=O)N2CC3CCC(CC3)C2)C1=O. The second-order valence-corrected chi connectivity index (χ2v) is 11.8. The third-order valence-electron chi connectivity index (χ3n) is 8.87. The van der Waals surface area contributed by atoms with E-state index in [4.69, 9.17) is 0 Å². The number of halogens is 1. The van der Waals surface area contributed by atoms with Crippen LogP contribution in [0.2, 0.25) is 0 Å². The number of aliphatic imine (C=N–C) groups is 1. The number of para-hydroxylation sites is 1. The molecule has 0 radical (unpaired) electrons. The van der Waals surface area contributed by atoms with Gasteiger partial charge in [-0.05, 0) is 73.9 Å². The topological polar surface area (TPSA) is 123 Å². The Kier molecular flexibility index (Phi) is 7.29. The van der Waals surface area contributed by atoms with E-state index in [1.54, 1.807) is 66.9 Å². The number of nitrogens with one attached hydrogen (secondary N) is 3. The summed E-state index contributed by atoms with van der Waals surface area (Å²) in [5.74, 6) is -0.319. The summed E-state index contributed by atoms with van der Waals surface area (Å²) in [6, 6.07) is 17.7. The maximum Gasteiger partial charge on any atom is 0.321 e. The molecule has 2 bridgehead atoms. The van der Waals surface area contributed by atoms with Gasteiger partial charge in [-0.3, -0.25) is 19.6 Å². The number of aromatic nitrogens is 2. The van der Waals surface area contributed by atoms with Crippen molar-refractivity contribution in [2.45, 2.75) is 31.8 Å². The highest BCUT2D eigenvalue weighted by Gasteiger charge is 2.37. The highest BCUT2D eigenvalue weighted by atomic mass is 19.1. The van der Waals surface area contributed by atoms with E-state index in [1.807, 2.05) is 4.90 Å². The maximum absolute atomic E-state index is 15.2. The molecule has 3 N–H and O–H groups in total. The van der Waals surface area contributed by atoms with E-state index < -0.39 is 23.9 Å². The molecule has 1 atom stereocenters. The molecule has 44 heavy (non-hydrogen) atoms. The number of H-pyrrole nitrogens is 1. The Morgan fingerprint density at radius 2 is 1.64 bits per heavy atom. The summed E-state index contributed by atoms with van der Waals surface area (Å²) in [4.78, 5) is 49.2.